The molecular formula is C11H9FN2O. The number of hydrogen-bond donors (Lipinski definition) is 0. The van der Waals surface area contributed by atoms with Gasteiger partial charge in [0.05, 0.1) is 11.9 Å². The fraction of sp³-hybridized carbons (Fsp3) is 0.273. The summed E-state index contributed by atoms with van der Waals surface area (Å²) >= 11 is 0. The molecule has 1 aliphatic heterocycles. The van der Waals surface area contributed by atoms with Gasteiger partial charge < -0.3 is 4.90 Å². The number of terminal acetylenes is 1. The lowest BCUT2D eigenvalue weighted by Crippen LogP contribution is -2.25. The van der Waals surface area contributed by atoms with Gasteiger partial charge in [0.1, 0.15) is 0 Å². The van der Waals surface area contributed by atoms with Crippen molar-refractivity contribution >= 4 is 11.6 Å². The highest BCUT2D eigenvalue weighted by Gasteiger charge is 2.30. The highest BCUT2D eigenvalue weighted by molar-refractivity contribution is 5.96. The lowest BCUT2D eigenvalue weighted by atomic mass is 10.1. The Balaban J connectivity index is 2.30. The minimum Gasteiger partial charge on any atom is -0.308 e. The summed E-state index contributed by atoms with van der Waals surface area (Å²) in [6.07, 6.45) is 8.07. The first kappa shape index (κ1) is 9.66. The van der Waals surface area contributed by atoms with Gasteiger partial charge in [-0.15, -0.1) is 12.3 Å². The minimum atomic E-state index is -0.497. The van der Waals surface area contributed by atoms with Crippen LogP contribution in [0.3, 0.4) is 0 Å². The first-order valence-corrected chi connectivity index (χ1v) is 4.58. The Bertz CT molecular complexity index is 438. The maximum Gasteiger partial charge on any atom is 0.228 e. The van der Waals surface area contributed by atoms with Gasteiger partial charge >= 0.3 is 0 Å². The molecule has 1 aromatic rings. The summed E-state index contributed by atoms with van der Waals surface area (Å²) in [5.74, 6) is 1.76. The molecule has 0 aliphatic carbocycles. The van der Waals surface area contributed by atoms with E-state index in [9.17, 15) is 9.18 Å². The smallest absolute Gasteiger partial charge is 0.228 e. The molecule has 0 spiro atoms. The van der Waals surface area contributed by atoms with Gasteiger partial charge in [-0.1, -0.05) is 0 Å². The summed E-state index contributed by atoms with van der Waals surface area (Å²) in [7, 11) is 0. The van der Waals surface area contributed by atoms with Crippen LogP contribution in [0.1, 0.15) is 6.42 Å². The number of carbonyl (C=O) groups excluding carboxylic acids is 1. The number of amides is 1. The molecule has 0 radical (unpaired) electrons. The van der Waals surface area contributed by atoms with Crippen LogP contribution in [0.4, 0.5) is 10.1 Å². The van der Waals surface area contributed by atoms with Crippen molar-refractivity contribution in [1.82, 2.24) is 4.98 Å². The van der Waals surface area contributed by atoms with Crippen LogP contribution < -0.4 is 4.90 Å². The van der Waals surface area contributed by atoms with E-state index in [1.165, 1.54) is 17.2 Å². The number of carbonyl (C=O) groups is 1. The summed E-state index contributed by atoms with van der Waals surface area (Å²) in [6, 6.07) is 1.48. The molecule has 1 aromatic heterocycles. The van der Waals surface area contributed by atoms with Crippen LogP contribution >= 0.6 is 0 Å². The van der Waals surface area contributed by atoms with Crippen molar-refractivity contribution in [2.45, 2.75) is 6.42 Å². The van der Waals surface area contributed by atoms with Gasteiger partial charge in [-0.2, -0.15) is 0 Å². The van der Waals surface area contributed by atoms with E-state index in [-0.39, 0.29) is 23.9 Å². The predicted molar refractivity (Wildman–Crippen MR) is 53.5 cm³/mol. The Morgan fingerprint density at radius 2 is 2.47 bits per heavy atom. The number of nitrogens with zero attached hydrogens (tertiary/aromatic N) is 2. The fourth-order valence-electron chi connectivity index (χ4n) is 1.64. The number of anilines is 1. The van der Waals surface area contributed by atoms with Crippen LogP contribution in [0.15, 0.2) is 18.5 Å². The maximum atomic E-state index is 13.3. The second kappa shape index (κ2) is 3.70. The second-order valence-electron chi connectivity index (χ2n) is 3.40. The predicted octanol–water partition coefficient (Wildman–Crippen LogP) is 1.21. The van der Waals surface area contributed by atoms with Crippen molar-refractivity contribution in [3.63, 3.8) is 0 Å². The van der Waals surface area contributed by atoms with E-state index in [0.29, 0.717) is 6.54 Å². The number of rotatable bonds is 1. The number of pyridine rings is 1. The molecule has 2 heterocycles. The summed E-state index contributed by atoms with van der Waals surface area (Å²) in [4.78, 5) is 16.5. The molecule has 0 aromatic carbocycles. The molecule has 0 saturated carbocycles. The minimum absolute atomic E-state index is 0.120. The van der Waals surface area contributed by atoms with E-state index in [0.717, 1.165) is 6.20 Å². The van der Waals surface area contributed by atoms with Crippen molar-refractivity contribution in [3.8, 4) is 12.3 Å². The zero-order valence-corrected chi connectivity index (χ0v) is 7.98. The number of hydrogen-bond acceptors (Lipinski definition) is 2. The van der Waals surface area contributed by atoms with Gasteiger partial charge in [0, 0.05) is 25.1 Å². The molecule has 0 bridgehead atoms. The van der Waals surface area contributed by atoms with Gasteiger partial charge in [-0.3, -0.25) is 9.78 Å². The van der Waals surface area contributed by atoms with Crippen molar-refractivity contribution in [2.24, 2.45) is 5.92 Å². The SMILES string of the molecule is C#CC1CC(=O)N(c2ccncc2F)C1. The Morgan fingerprint density at radius 1 is 1.67 bits per heavy atom. The molecule has 1 saturated heterocycles. The molecule has 1 fully saturated rings. The lowest BCUT2D eigenvalue weighted by molar-refractivity contribution is -0.117. The maximum absolute atomic E-state index is 13.3. The van der Waals surface area contributed by atoms with E-state index in [1.54, 1.807) is 0 Å². The zero-order chi connectivity index (χ0) is 10.8. The molecule has 1 unspecified atom stereocenters. The topological polar surface area (TPSA) is 33.2 Å². The van der Waals surface area contributed by atoms with E-state index in [4.69, 9.17) is 6.42 Å². The first-order valence-electron chi connectivity index (χ1n) is 4.58. The van der Waals surface area contributed by atoms with Crippen LogP contribution in [0.5, 0.6) is 0 Å². The van der Waals surface area contributed by atoms with Gasteiger partial charge in [0.25, 0.3) is 0 Å². The standard InChI is InChI=1S/C11H9FN2O/c1-2-8-5-11(15)14(7-8)10-3-4-13-6-9(10)12/h1,3-4,6,8H,5,7H2. The average molecular weight is 204 g/mol. The monoisotopic (exact) mass is 204 g/mol. The van der Waals surface area contributed by atoms with E-state index in [2.05, 4.69) is 10.9 Å². The third-order valence-electron chi connectivity index (χ3n) is 2.40. The molecule has 1 atom stereocenters. The van der Waals surface area contributed by atoms with Crippen molar-refractivity contribution < 1.29 is 9.18 Å². The Labute approximate surface area is 86.9 Å². The third-order valence-corrected chi connectivity index (χ3v) is 2.40. The number of halogens is 1. The van der Waals surface area contributed by atoms with Gasteiger partial charge in [0.2, 0.25) is 5.91 Å². The van der Waals surface area contributed by atoms with Crippen LogP contribution in [0.2, 0.25) is 0 Å². The lowest BCUT2D eigenvalue weighted by Gasteiger charge is -2.15. The summed E-state index contributed by atoms with van der Waals surface area (Å²) < 4.78 is 13.3. The largest absolute Gasteiger partial charge is 0.308 e. The van der Waals surface area contributed by atoms with Crippen LogP contribution in [0.25, 0.3) is 0 Å². The molecule has 1 aliphatic rings. The Morgan fingerprint density at radius 3 is 3.07 bits per heavy atom. The Kier molecular flexibility index (Phi) is 2.38. The quantitative estimate of drug-likeness (QED) is 0.644. The summed E-state index contributed by atoms with van der Waals surface area (Å²) in [5.41, 5.74) is 0.257. The molecule has 1 amide bonds. The van der Waals surface area contributed by atoms with Crippen LogP contribution in [-0.2, 0) is 4.79 Å². The normalized spacial score (nSPS) is 20.4. The molecule has 0 N–H and O–H groups in total. The molecule has 76 valence electrons. The highest BCUT2D eigenvalue weighted by atomic mass is 19.1. The van der Waals surface area contributed by atoms with Crippen LogP contribution in [0, 0.1) is 24.1 Å². The van der Waals surface area contributed by atoms with E-state index < -0.39 is 5.82 Å². The van der Waals surface area contributed by atoms with Crippen molar-refractivity contribution in [3.05, 3.63) is 24.3 Å². The number of aromatic nitrogens is 1. The second-order valence-corrected chi connectivity index (χ2v) is 3.40. The van der Waals surface area contributed by atoms with E-state index in [1.807, 2.05) is 0 Å². The molecule has 4 heteroatoms. The highest BCUT2D eigenvalue weighted by Crippen LogP contribution is 2.26. The molecule has 3 nitrogen and oxygen atoms in total. The molecule has 15 heavy (non-hydrogen) atoms. The van der Waals surface area contributed by atoms with Gasteiger partial charge in [-0.25, -0.2) is 4.39 Å². The van der Waals surface area contributed by atoms with Crippen molar-refractivity contribution in [1.29, 1.82) is 0 Å². The summed E-state index contributed by atoms with van der Waals surface area (Å²) in [5, 5.41) is 0. The third kappa shape index (κ3) is 1.68. The first-order chi connectivity index (χ1) is 7.22. The zero-order valence-electron chi connectivity index (χ0n) is 7.98. The molecule has 2 rings (SSSR count). The van der Waals surface area contributed by atoms with Crippen LogP contribution in [-0.4, -0.2) is 17.4 Å². The fourth-order valence-corrected chi connectivity index (χ4v) is 1.64. The van der Waals surface area contributed by atoms with Gasteiger partial charge in [0.15, 0.2) is 5.82 Å². The Hall–Kier alpha value is -1.89. The molecular weight excluding hydrogens is 195 g/mol. The van der Waals surface area contributed by atoms with Crippen molar-refractivity contribution in [2.75, 3.05) is 11.4 Å². The summed E-state index contributed by atoms with van der Waals surface area (Å²) in [6.45, 7) is 0.385. The van der Waals surface area contributed by atoms with Gasteiger partial charge in [-0.05, 0) is 6.07 Å². The van der Waals surface area contributed by atoms with E-state index >= 15 is 0 Å². The average Bonchev–Trinajstić information content (AvgIpc) is 2.60.